The molecule has 5 heteroatoms. The average molecular weight is 317 g/mol. The van der Waals surface area contributed by atoms with E-state index < -0.39 is 5.97 Å². The van der Waals surface area contributed by atoms with E-state index in [1.54, 1.807) is 0 Å². The first-order valence-electron chi connectivity index (χ1n) is 8.32. The number of hydrogen-bond donors (Lipinski definition) is 2. The molecule has 2 fully saturated rings. The summed E-state index contributed by atoms with van der Waals surface area (Å²) >= 11 is 0. The van der Waals surface area contributed by atoms with Gasteiger partial charge in [-0.05, 0) is 55.7 Å². The number of carbonyl (C=O) groups is 2. The standard InChI is InChI=1S/C18H23NO4/c20-17(14-6-7-15(9-14)18(21)22)19-16-3-1-2-13(8-16)11-23-10-12-4-5-12/h1-3,8,12,14-15H,4-7,9-11H2,(H,19,20)(H,21,22)/t14-,15+/m1/s1. The van der Waals surface area contributed by atoms with Gasteiger partial charge in [-0.15, -0.1) is 0 Å². The Bertz CT molecular complexity index is 582. The van der Waals surface area contributed by atoms with Crippen LogP contribution >= 0.6 is 0 Å². The van der Waals surface area contributed by atoms with Crippen LogP contribution in [0.15, 0.2) is 24.3 Å². The molecule has 0 spiro atoms. The maximum absolute atomic E-state index is 12.3. The largest absolute Gasteiger partial charge is 0.481 e. The van der Waals surface area contributed by atoms with Crippen molar-refractivity contribution in [2.45, 2.75) is 38.7 Å². The van der Waals surface area contributed by atoms with Crippen molar-refractivity contribution in [2.24, 2.45) is 17.8 Å². The van der Waals surface area contributed by atoms with Gasteiger partial charge in [-0.1, -0.05) is 12.1 Å². The third kappa shape index (κ3) is 4.55. The van der Waals surface area contributed by atoms with Gasteiger partial charge < -0.3 is 15.2 Å². The molecule has 124 valence electrons. The number of carboxylic acid groups (broad SMARTS) is 1. The molecule has 0 aromatic heterocycles. The molecule has 0 bridgehead atoms. The van der Waals surface area contributed by atoms with Gasteiger partial charge in [-0.25, -0.2) is 0 Å². The molecule has 0 saturated heterocycles. The molecule has 5 nitrogen and oxygen atoms in total. The van der Waals surface area contributed by atoms with Gasteiger partial charge in [-0.2, -0.15) is 0 Å². The monoisotopic (exact) mass is 317 g/mol. The zero-order chi connectivity index (χ0) is 16.2. The maximum Gasteiger partial charge on any atom is 0.306 e. The summed E-state index contributed by atoms with van der Waals surface area (Å²) in [5.74, 6) is -0.721. The Labute approximate surface area is 136 Å². The third-order valence-electron chi connectivity index (χ3n) is 4.67. The van der Waals surface area contributed by atoms with Crippen molar-refractivity contribution in [3.05, 3.63) is 29.8 Å². The molecule has 2 atom stereocenters. The Morgan fingerprint density at radius 1 is 1.17 bits per heavy atom. The number of amides is 1. The van der Waals surface area contributed by atoms with E-state index in [0.717, 1.165) is 23.8 Å². The molecule has 1 amide bonds. The summed E-state index contributed by atoms with van der Waals surface area (Å²) in [5.41, 5.74) is 1.79. The lowest BCUT2D eigenvalue weighted by Gasteiger charge is -2.12. The van der Waals surface area contributed by atoms with Crippen LogP contribution in [-0.4, -0.2) is 23.6 Å². The average Bonchev–Trinajstić information content (AvgIpc) is 3.20. The number of anilines is 1. The van der Waals surface area contributed by atoms with E-state index in [1.165, 1.54) is 12.8 Å². The third-order valence-corrected chi connectivity index (χ3v) is 4.67. The summed E-state index contributed by atoms with van der Waals surface area (Å²) in [6.45, 7) is 1.37. The van der Waals surface area contributed by atoms with E-state index in [9.17, 15) is 9.59 Å². The van der Waals surface area contributed by atoms with Crippen molar-refractivity contribution in [1.29, 1.82) is 0 Å². The highest BCUT2D eigenvalue weighted by Crippen LogP contribution is 2.32. The van der Waals surface area contributed by atoms with Crippen molar-refractivity contribution >= 4 is 17.6 Å². The van der Waals surface area contributed by atoms with Crippen LogP contribution in [-0.2, 0) is 20.9 Å². The summed E-state index contributed by atoms with van der Waals surface area (Å²) in [5, 5.41) is 11.9. The highest BCUT2D eigenvalue weighted by molar-refractivity contribution is 5.93. The number of rotatable bonds is 7. The normalized spacial score (nSPS) is 23.7. The molecule has 23 heavy (non-hydrogen) atoms. The number of nitrogens with one attached hydrogen (secondary N) is 1. The second-order valence-corrected chi connectivity index (χ2v) is 6.69. The number of ether oxygens (including phenoxy) is 1. The summed E-state index contributed by atoms with van der Waals surface area (Å²) in [4.78, 5) is 23.3. The van der Waals surface area contributed by atoms with E-state index in [4.69, 9.17) is 9.84 Å². The van der Waals surface area contributed by atoms with Gasteiger partial charge in [0.2, 0.25) is 5.91 Å². The fourth-order valence-corrected chi connectivity index (χ4v) is 3.06. The smallest absolute Gasteiger partial charge is 0.306 e. The molecule has 0 heterocycles. The van der Waals surface area contributed by atoms with Gasteiger partial charge in [0.1, 0.15) is 0 Å². The summed E-state index contributed by atoms with van der Waals surface area (Å²) < 4.78 is 5.67. The molecule has 2 saturated carbocycles. The van der Waals surface area contributed by atoms with Gasteiger partial charge in [-0.3, -0.25) is 9.59 Å². The van der Waals surface area contributed by atoms with Crippen molar-refractivity contribution in [3.63, 3.8) is 0 Å². The Morgan fingerprint density at radius 2 is 1.96 bits per heavy atom. The minimum absolute atomic E-state index is 0.0789. The van der Waals surface area contributed by atoms with Gasteiger partial charge >= 0.3 is 5.97 Å². The fourth-order valence-electron chi connectivity index (χ4n) is 3.06. The minimum Gasteiger partial charge on any atom is -0.481 e. The molecule has 0 aliphatic heterocycles. The number of carboxylic acids is 1. The van der Waals surface area contributed by atoms with Crippen molar-refractivity contribution in [1.82, 2.24) is 0 Å². The van der Waals surface area contributed by atoms with E-state index in [0.29, 0.717) is 25.9 Å². The summed E-state index contributed by atoms with van der Waals surface area (Å²) in [6, 6.07) is 7.67. The topological polar surface area (TPSA) is 75.6 Å². The lowest BCUT2D eigenvalue weighted by atomic mass is 10.0. The SMILES string of the molecule is O=C(O)[C@H]1CC[C@@H](C(=O)Nc2cccc(COCC3CC3)c2)C1. The first kappa shape index (κ1) is 16.0. The van der Waals surface area contributed by atoms with Crippen LogP contribution in [0.1, 0.15) is 37.7 Å². The highest BCUT2D eigenvalue weighted by Gasteiger charge is 2.33. The minimum atomic E-state index is -0.796. The van der Waals surface area contributed by atoms with Crippen LogP contribution in [0.3, 0.4) is 0 Å². The fraction of sp³-hybridized carbons (Fsp3) is 0.556. The predicted molar refractivity (Wildman–Crippen MR) is 85.9 cm³/mol. The Morgan fingerprint density at radius 3 is 2.65 bits per heavy atom. The zero-order valence-electron chi connectivity index (χ0n) is 13.2. The second-order valence-electron chi connectivity index (χ2n) is 6.69. The lowest BCUT2D eigenvalue weighted by molar-refractivity contribution is -0.141. The van der Waals surface area contributed by atoms with Gasteiger partial charge in [0, 0.05) is 18.2 Å². The van der Waals surface area contributed by atoms with E-state index in [2.05, 4.69) is 5.32 Å². The van der Waals surface area contributed by atoms with Crippen molar-refractivity contribution in [3.8, 4) is 0 Å². The molecular weight excluding hydrogens is 294 g/mol. The quantitative estimate of drug-likeness (QED) is 0.810. The second kappa shape index (κ2) is 7.13. The van der Waals surface area contributed by atoms with Crippen LogP contribution in [0.2, 0.25) is 0 Å². The van der Waals surface area contributed by atoms with Gasteiger partial charge in [0.05, 0.1) is 12.5 Å². The lowest BCUT2D eigenvalue weighted by Crippen LogP contribution is -2.21. The molecule has 2 aliphatic rings. The molecule has 1 aromatic carbocycles. The van der Waals surface area contributed by atoms with E-state index in [-0.39, 0.29) is 17.7 Å². The summed E-state index contributed by atoms with van der Waals surface area (Å²) in [6.07, 6.45) is 4.21. The van der Waals surface area contributed by atoms with E-state index in [1.807, 2.05) is 24.3 Å². The first-order valence-corrected chi connectivity index (χ1v) is 8.32. The number of aliphatic carboxylic acids is 1. The number of hydrogen-bond acceptors (Lipinski definition) is 3. The van der Waals surface area contributed by atoms with Crippen LogP contribution in [0.25, 0.3) is 0 Å². The Hall–Kier alpha value is -1.88. The molecular formula is C18H23NO4. The van der Waals surface area contributed by atoms with Crippen LogP contribution in [0, 0.1) is 17.8 Å². The number of carbonyl (C=O) groups excluding carboxylic acids is 1. The number of benzene rings is 1. The van der Waals surface area contributed by atoms with Gasteiger partial charge in [0.15, 0.2) is 0 Å². The zero-order valence-corrected chi connectivity index (χ0v) is 13.2. The molecule has 2 N–H and O–H groups in total. The molecule has 0 unspecified atom stereocenters. The predicted octanol–water partition coefficient (Wildman–Crippen LogP) is 3.05. The Balaban J connectivity index is 1.50. The van der Waals surface area contributed by atoms with Crippen LogP contribution in [0.5, 0.6) is 0 Å². The first-order chi connectivity index (χ1) is 11.1. The van der Waals surface area contributed by atoms with Gasteiger partial charge in [0.25, 0.3) is 0 Å². The van der Waals surface area contributed by atoms with Crippen LogP contribution in [0.4, 0.5) is 5.69 Å². The molecule has 0 radical (unpaired) electrons. The molecule has 3 rings (SSSR count). The Kier molecular flexibility index (Phi) is 4.96. The van der Waals surface area contributed by atoms with Crippen LogP contribution < -0.4 is 5.32 Å². The summed E-state index contributed by atoms with van der Waals surface area (Å²) in [7, 11) is 0. The highest BCUT2D eigenvalue weighted by atomic mass is 16.5. The molecule has 1 aromatic rings. The maximum atomic E-state index is 12.3. The molecule has 2 aliphatic carbocycles. The van der Waals surface area contributed by atoms with Crippen molar-refractivity contribution in [2.75, 3.05) is 11.9 Å². The van der Waals surface area contributed by atoms with Crippen molar-refractivity contribution < 1.29 is 19.4 Å². The van der Waals surface area contributed by atoms with E-state index >= 15 is 0 Å².